The molecule has 0 bridgehead atoms. The SMILES string of the molecule is COCCc1ccccc1NC(=O)NCCCCC(=O)O. The monoisotopic (exact) mass is 294 g/mol. The van der Waals surface area contributed by atoms with Gasteiger partial charge in [-0.1, -0.05) is 18.2 Å². The molecule has 0 aliphatic heterocycles. The zero-order valence-electron chi connectivity index (χ0n) is 12.2. The van der Waals surface area contributed by atoms with Crippen molar-refractivity contribution < 1.29 is 19.4 Å². The third-order valence-electron chi connectivity index (χ3n) is 2.94. The summed E-state index contributed by atoms with van der Waals surface area (Å²) in [5, 5.41) is 14.0. The first kappa shape index (κ1) is 17.0. The van der Waals surface area contributed by atoms with Crippen LogP contribution in [0.2, 0.25) is 0 Å². The molecule has 0 radical (unpaired) electrons. The van der Waals surface area contributed by atoms with Crippen molar-refractivity contribution in [1.82, 2.24) is 5.32 Å². The van der Waals surface area contributed by atoms with Gasteiger partial charge in [0, 0.05) is 25.8 Å². The van der Waals surface area contributed by atoms with Gasteiger partial charge in [0.1, 0.15) is 0 Å². The van der Waals surface area contributed by atoms with Crippen molar-refractivity contribution in [2.75, 3.05) is 25.6 Å². The lowest BCUT2D eigenvalue weighted by molar-refractivity contribution is -0.137. The zero-order valence-corrected chi connectivity index (χ0v) is 12.2. The highest BCUT2D eigenvalue weighted by Gasteiger charge is 2.06. The number of carbonyl (C=O) groups excluding carboxylic acids is 1. The summed E-state index contributed by atoms with van der Waals surface area (Å²) in [5.74, 6) is -0.813. The van der Waals surface area contributed by atoms with Crippen LogP contribution in [-0.2, 0) is 16.0 Å². The van der Waals surface area contributed by atoms with Crippen molar-refractivity contribution in [1.29, 1.82) is 0 Å². The summed E-state index contributed by atoms with van der Waals surface area (Å²) < 4.78 is 5.04. The maximum Gasteiger partial charge on any atom is 0.319 e. The van der Waals surface area contributed by atoms with E-state index in [-0.39, 0.29) is 12.5 Å². The molecule has 6 nitrogen and oxygen atoms in total. The third-order valence-corrected chi connectivity index (χ3v) is 2.94. The van der Waals surface area contributed by atoms with Gasteiger partial charge in [0.25, 0.3) is 0 Å². The highest BCUT2D eigenvalue weighted by atomic mass is 16.5. The van der Waals surface area contributed by atoms with Crippen LogP contribution in [0.5, 0.6) is 0 Å². The van der Waals surface area contributed by atoms with E-state index < -0.39 is 5.97 Å². The van der Waals surface area contributed by atoms with Gasteiger partial charge in [-0.2, -0.15) is 0 Å². The van der Waals surface area contributed by atoms with Gasteiger partial charge in [0.05, 0.1) is 6.61 Å². The Labute approximate surface area is 124 Å². The van der Waals surface area contributed by atoms with E-state index in [0.29, 0.717) is 26.0 Å². The summed E-state index contributed by atoms with van der Waals surface area (Å²) in [5.41, 5.74) is 1.78. The second-order valence-electron chi connectivity index (χ2n) is 4.63. The molecule has 0 heterocycles. The number of para-hydroxylation sites is 1. The van der Waals surface area contributed by atoms with Crippen LogP contribution < -0.4 is 10.6 Å². The van der Waals surface area contributed by atoms with Crippen LogP contribution in [0.3, 0.4) is 0 Å². The molecule has 0 saturated heterocycles. The number of benzene rings is 1. The average Bonchev–Trinajstić information content (AvgIpc) is 2.45. The molecular weight excluding hydrogens is 272 g/mol. The molecule has 2 amide bonds. The van der Waals surface area contributed by atoms with Gasteiger partial charge in [-0.25, -0.2) is 4.79 Å². The summed E-state index contributed by atoms with van der Waals surface area (Å²) in [6.45, 7) is 1.05. The van der Waals surface area contributed by atoms with E-state index in [1.807, 2.05) is 24.3 Å². The van der Waals surface area contributed by atoms with E-state index >= 15 is 0 Å². The summed E-state index contributed by atoms with van der Waals surface area (Å²) in [7, 11) is 1.64. The molecule has 21 heavy (non-hydrogen) atoms. The minimum absolute atomic E-state index is 0.128. The van der Waals surface area contributed by atoms with Crippen molar-refractivity contribution in [3.05, 3.63) is 29.8 Å². The van der Waals surface area contributed by atoms with E-state index in [4.69, 9.17) is 9.84 Å². The standard InChI is InChI=1S/C15H22N2O4/c1-21-11-9-12-6-2-3-7-13(12)17-15(20)16-10-5-4-8-14(18)19/h2-3,6-7H,4-5,8-11H2,1H3,(H,18,19)(H2,16,17,20). The topological polar surface area (TPSA) is 87.7 Å². The van der Waals surface area contributed by atoms with Crippen LogP contribution in [0.25, 0.3) is 0 Å². The van der Waals surface area contributed by atoms with Crippen molar-refractivity contribution in [2.24, 2.45) is 0 Å². The summed E-state index contributed by atoms with van der Waals surface area (Å²) >= 11 is 0. The van der Waals surface area contributed by atoms with Crippen LogP contribution in [0.15, 0.2) is 24.3 Å². The molecule has 1 rings (SSSR count). The van der Waals surface area contributed by atoms with Crippen LogP contribution in [0.4, 0.5) is 10.5 Å². The van der Waals surface area contributed by atoms with Crippen molar-refractivity contribution in [2.45, 2.75) is 25.7 Å². The number of amides is 2. The van der Waals surface area contributed by atoms with Gasteiger partial charge in [0.15, 0.2) is 0 Å². The average molecular weight is 294 g/mol. The molecule has 0 aromatic heterocycles. The number of nitrogens with one attached hydrogen (secondary N) is 2. The molecule has 1 aromatic rings. The quantitative estimate of drug-likeness (QED) is 0.610. The molecular formula is C15H22N2O4. The lowest BCUT2D eigenvalue weighted by Crippen LogP contribution is -2.30. The fourth-order valence-corrected chi connectivity index (χ4v) is 1.84. The van der Waals surface area contributed by atoms with Gasteiger partial charge in [-0.3, -0.25) is 4.79 Å². The van der Waals surface area contributed by atoms with Crippen LogP contribution in [0, 0.1) is 0 Å². The van der Waals surface area contributed by atoms with E-state index in [9.17, 15) is 9.59 Å². The van der Waals surface area contributed by atoms with Crippen molar-refractivity contribution >= 4 is 17.7 Å². The van der Waals surface area contributed by atoms with Gasteiger partial charge in [-0.05, 0) is 30.9 Å². The molecule has 0 aliphatic carbocycles. The number of hydrogen-bond acceptors (Lipinski definition) is 3. The number of aliphatic carboxylic acids is 1. The molecule has 1 aromatic carbocycles. The second-order valence-corrected chi connectivity index (χ2v) is 4.63. The van der Waals surface area contributed by atoms with Gasteiger partial charge >= 0.3 is 12.0 Å². The number of hydrogen-bond donors (Lipinski definition) is 3. The fourth-order valence-electron chi connectivity index (χ4n) is 1.84. The summed E-state index contributed by atoms with van der Waals surface area (Å²) in [6, 6.07) is 7.28. The molecule has 0 spiro atoms. The molecule has 0 saturated carbocycles. The molecule has 3 N–H and O–H groups in total. The van der Waals surface area contributed by atoms with Crippen molar-refractivity contribution in [3.63, 3.8) is 0 Å². The first-order chi connectivity index (χ1) is 10.1. The maximum absolute atomic E-state index is 11.8. The third kappa shape index (κ3) is 7.31. The number of unbranched alkanes of at least 4 members (excludes halogenated alkanes) is 1. The molecule has 0 unspecified atom stereocenters. The number of anilines is 1. The predicted molar refractivity (Wildman–Crippen MR) is 80.5 cm³/mol. The minimum atomic E-state index is -0.813. The Morgan fingerprint density at radius 1 is 1.24 bits per heavy atom. The Balaban J connectivity index is 2.35. The minimum Gasteiger partial charge on any atom is -0.481 e. The van der Waals surface area contributed by atoms with Crippen LogP contribution >= 0.6 is 0 Å². The molecule has 0 aliphatic rings. The molecule has 116 valence electrons. The Morgan fingerprint density at radius 2 is 2.00 bits per heavy atom. The largest absolute Gasteiger partial charge is 0.481 e. The number of rotatable bonds is 9. The number of methoxy groups -OCH3 is 1. The number of ether oxygens (including phenoxy) is 1. The highest BCUT2D eigenvalue weighted by molar-refractivity contribution is 5.90. The maximum atomic E-state index is 11.8. The first-order valence-electron chi connectivity index (χ1n) is 6.97. The Hall–Kier alpha value is -2.08. The normalized spacial score (nSPS) is 10.1. The lowest BCUT2D eigenvalue weighted by atomic mass is 10.1. The number of carbonyl (C=O) groups is 2. The Morgan fingerprint density at radius 3 is 2.71 bits per heavy atom. The summed E-state index contributed by atoms with van der Waals surface area (Å²) in [6.07, 6.45) is 2.06. The van der Waals surface area contributed by atoms with Crippen LogP contribution in [-0.4, -0.2) is 37.4 Å². The number of carboxylic acids is 1. The van der Waals surface area contributed by atoms with E-state index in [2.05, 4.69) is 10.6 Å². The first-order valence-corrected chi connectivity index (χ1v) is 6.97. The van der Waals surface area contributed by atoms with E-state index in [0.717, 1.165) is 17.7 Å². The number of urea groups is 1. The Kier molecular flexibility index (Phi) is 7.89. The fraction of sp³-hybridized carbons (Fsp3) is 0.467. The summed E-state index contributed by atoms with van der Waals surface area (Å²) in [4.78, 5) is 22.1. The van der Waals surface area contributed by atoms with Gasteiger partial charge in [0.2, 0.25) is 0 Å². The predicted octanol–water partition coefficient (Wildman–Crippen LogP) is 2.25. The second kappa shape index (κ2) is 9.77. The van der Waals surface area contributed by atoms with Gasteiger partial charge < -0.3 is 20.5 Å². The van der Waals surface area contributed by atoms with Gasteiger partial charge in [-0.15, -0.1) is 0 Å². The smallest absolute Gasteiger partial charge is 0.319 e. The Bertz CT molecular complexity index is 463. The zero-order chi connectivity index (χ0) is 15.5. The molecule has 0 fully saturated rings. The number of carboxylic acid groups (broad SMARTS) is 1. The molecule has 6 heteroatoms. The molecule has 0 atom stereocenters. The highest BCUT2D eigenvalue weighted by Crippen LogP contribution is 2.15. The van der Waals surface area contributed by atoms with Crippen molar-refractivity contribution in [3.8, 4) is 0 Å². The van der Waals surface area contributed by atoms with Crippen LogP contribution in [0.1, 0.15) is 24.8 Å². The lowest BCUT2D eigenvalue weighted by Gasteiger charge is -2.11. The van der Waals surface area contributed by atoms with E-state index in [1.165, 1.54) is 0 Å². The van der Waals surface area contributed by atoms with E-state index in [1.54, 1.807) is 7.11 Å².